The maximum atomic E-state index is 12.7. The van der Waals surface area contributed by atoms with E-state index in [0.717, 1.165) is 34.6 Å². The van der Waals surface area contributed by atoms with E-state index in [4.69, 9.17) is 4.74 Å². The molecule has 4 rings (SSSR count). The number of anilines is 1. The number of thiophene rings is 1. The van der Waals surface area contributed by atoms with E-state index in [1.807, 2.05) is 0 Å². The topological polar surface area (TPSA) is 92.8 Å². The number of carbonyl (C=O) groups excluding carboxylic acids is 4. The second-order valence-electron chi connectivity index (χ2n) is 7.88. The Morgan fingerprint density at radius 2 is 1.87 bits per heavy atom. The Kier molecular flexibility index (Phi) is 5.91. The summed E-state index contributed by atoms with van der Waals surface area (Å²) in [6.45, 7) is 4.16. The van der Waals surface area contributed by atoms with Gasteiger partial charge in [-0.3, -0.25) is 19.3 Å². The lowest BCUT2D eigenvalue weighted by atomic mass is 9.88. The molecule has 0 saturated carbocycles. The number of nitrogens with one attached hydrogen (secondary N) is 1. The normalized spacial score (nSPS) is 17.4. The van der Waals surface area contributed by atoms with Gasteiger partial charge in [-0.05, 0) is 49.8 Å². The van der Waals surface area contributed by atoms with E-state index in [1.165, 1.54) is 11.3 Å². The fourth-order valence-electron chi connectivity index (χ4n) is 4.10. The van der Waals surface area contributed by atoms with Crippen molar-refractivity contribution in [2.75, 3.05) is 18.5 Å². The monoisotopic (exact) mass is 440 g/mol. The highest BCUT2D eigenvalue weighted by Gasteiger charge is 2.35. The zero-order valence-corrected chi connectivity index (χ0v) is 18.3. The van der Waals surface area contributed by atoms with E-state index in [-0.39, 0.29) is 37.3 Å². The molecule has 0 unspecified atom stereocenters. The number of hydrogen-bond acceptors (Lipinski definition) is 6. The second kappa shape index (κ2) is 8.63. The maximum absolute atomic E-state index is 12.7. The smallest absolute Gasteiger partial charge is 0.341 e. The van der Waals surface area contributed by atoms with Crippen LogP contribution in [0, 0.1) is 5.92 Å². The van der Waals surface area contributed by atoms with Gasteiger partial charge < -0.3 is 10.1 Å². The standard InChI is InChI=1S/C23H24N2O5S/c1-3-30-23(29)19-16-9-8-13(2)12-17(16)31-20(19)24-18(26)10-11-25-21(27)14-6-4-5-7-15(14)22(25)28/h4-7,13H,3,8-12H2,1-2H3,(H,24,26)/t13-/m1/s1. The molecule has 7 nitrogen and oxygen atoms in total. The van der Waals surface area contributed by atoms with Crippen LogP contribution in [0.4, 0.5) is 5.00 Å². The average molecular weight is 441 g/mol. The summed E-state index contributed by atoms with van der Waals surface area (Å²) in [6.07, 6.45) is 2.60. The molecule has 1 atom stereocenters. The van der Waals surface area contributed by atoms with Crippen LogP contribution in [0.15, 0.2) is 24.3 Å². The molecule has 0 fully saturated rings. The minimum Gasteiger partial charge on any atom is -0.462 e. The first-order valence-corrected chi connectivity index (χ1v) is 11.3. The SMILES string of the molecule is CCOC(=O)c1c(NC(=O)CCN2C(=O)c3ccccc3C2=O)sc2c1CC[C@@H](C)C2. The number of imide groups is 1. The van der Waals surface area contributed by atoms with Gasteiger partial charge in [0.15, 0.2) is 0 Å². The van der Waals surface area contributed by atoms with E-state index in [0.29, 0.717) is 27.6 Å². The van der Waals surface area contributed by atoms with E-state index < -0.39 is 5.97 Å². The van der Waals surface area contributed by atoms with Gasteiger partial charge in [0.25, 0.3) is 11.8 Å². The predicted octanol–water partition coefficient (Wildman–Crippen LogP) is 3.67. The van der Waals surface area contributed by atoms with Crippen molar-refractivity contribution < 1.29 is 23.9 Å². The van der Waals surface area contributed by atoms with Crippen LogP contribution in [0.3, 0.4) is 0 Å². The maximum Gasteiger partial charge on any atom is 0.341 e. The summed E-state index contributed by atoms with van der Waals surface area (Å²) < 4.78 is 5.23. The molecule has 1 aliphatic carbocycles. The molecule has 31 heavy (non-hydrogen) atoms. The van der Waals surface area contributed by atoms with Crippen molar-refractivity contribution in [3.8, 4) is 0 Å². The molecule has 1 aliphatic heterocycles. The average Bonchev–Trinajstić information content (AvgIpc) is 3.21. The number of fused-ring (bicyclic) bond motifs is 2. The third-order valence-electron chi connectivity index (χ3n) is 5.68. The summed E-state index contributed by atoms with van der Waals surface area (Å²) in [5.74, 6) is -1.03. The molecule has 2 heterocycles. The Bertz CT molecular complexity index is 1040. The molecule has 0 spiro atoms. The number of rotatable bonds is 6. The Labute approximate surface area is 184 Å². The van der Waals surface area contributed by atoms with Crippen molar-refractivity contribution in [3.63, 3.8) is 0 Å². The summed E-state index contributed by atoms with van der Waals surface area (Å²) in [5, 5.41) is 3.32. The molecule has 3 amide bonds. The molecular weight excluding hydrogens is 416 g/mol. The van der Waals surface area contributed by atoms with Crippen LogP contribution >= 0.6 is 11.3 Å². The number of hydrogen-bond donors (Lipinski definition) is 1. The molecule has 1 aromatic heterocycles. The van der Waals surface area contributed by atoms with Gasteiger partial charge in [0.2, 0.25) is 5.91 Å². The van der Waals surface area contributed by atoms with E-state index >= 15 is 0 Å². The van der Waals surface area contributed by atoms with Gasteiger partial charge in [-0.2, -0.15) is 0 Å². The van der Waals surface area contributed by atoms with Crippen molar-refractivity contribution in [3.05, 3.63) is 51.4 Å². The van der Waals surface area contributed by atoms with E-state index in [9.17, 15) is 19.2 Å². The minimum absolute atomic E-state index is 0.0188. The van der Waals surface area contributed by atoms with Crippen molar-refractivity contribution in [1.82, 2.24) is 4.90 Å². The van der Waals surface area contributed by atoms with Crippen LogP contribution in [-0.2, 0) is 22.4 Å². The first kappa shape index (κ1) is 21.2. The van der Waals surface area contributed by atoms with Crippen LogP contribution in [0.1, 0.15) is 68.2 Å². The first-order valence-electron chi connectivity index (χ1n) is 10.5. The van der Waals surface area contributed by atoms with Crippen molar-refractivity contribution in [1.29, 1.82) is 0 Å². The lowest BCUT2D eigenvalue weighted by Crippen LogP contribution is -2.33. The highest BCUT2D eigenvalue weighted by Crippen LogP contribution is 2.40. The molecule has 162 valence electrons. The van der Waals surface area contributed by atoms with Gasteiger partial charge in [0.1, 0.15) is 5.00 Å². The predicted molar refractivity (Wildman–Crippen MR) is 117 cm³/mol. The Balaban J connectivity index is 1.47. The number of ether oxygens (including phenoxy) is 1. The first-order chi connectivity index (χ1) is 14.9. The fraction of sp³-hybridized carbons (Fsp3) is 0.391. The van der Waals surface area contributed by atoms with Gasteiger partial charge in [-0.25, -0.2) is 4.79 Å². The summed E-state index contributed by atoms with van der Waals surface area (Å²) in [5.41, 5.74) is 2.13. The van der Waals surface area contributed by atoms with Gasteiger partial charge in [-0.15, -0.1) is 11.3 Å². The van der Waals surface area contributed by atoms with Crippen LogP contribution < -0.4 is 5.32 Å². The van der Waals surface area contributed by atoms with Crippen LogP contribution in [0.25, 0.3) is 0 Å². The van der Waals surface area contributed by atoms with Gasteiger partial charge in [0.05, 0.1) is 23.3 Å². The third-order valence-corrected chi connectivity index (χ3v) is 6.85. The number of esters is 1. The molecule has 8 heteroatoms. The molecule has 2 aromatic rings. The highest BCUT2D eigenvalue weighted by molar-refractivity contribution is 7.17. The lowest BCUT2D eigenvalue weighted by molar-refractivity contribution is -0.116. The van der Waals surface area contributed by atoms with Crippen LogP contribution in [0.5, 0.6) is 0 Å². The van der Waals surface area contributed by atoms with Gasteiger partial charge in [-0.1, -0.05) is 19.1 Å². The third kappa shape index (κ3) is 3.99. The summed E-state index contributed by atoms with van der Waals surface area (Å²) in [6, 6.07) is 6.63. The van der Waals surface area contributed by atoms with E-state index in [2.05, 4.69) is 12.2 Å². The molecule has 0 saturated heterocycles. The van der Waals surface area contributed by atoms with Crippen molar-refractivity contribution in [2.24, 2.45) is 5.92 Å². The zero-order valence-electron chi connectivity index (χ0n) is 17.5. The Hall–Kier alpha value is -3.00. The Morgan fingerprint density at radius 1 is 1.19 bits per heavy atom. The number of carbonyl (C=O) groups is 4. The molecular formula is C23H24N2O5S. The summed E-state index contributed by atoms with van der Waals surface area (Å²) in [4.78, 5) is 52.4. The van der Waals surface area contributed by atoms with Crippen LogP contribution in [-0.4, -0.2) is 41.7 Å². The molecule has 1 aromatic carbocycles. The van der Waals surface area contributed by atoms with Gasteiger partial charge in [0, 0.05) is 17.8 Å². The summed E-state index contributed by atoms with van der Waals surface area (Å²) in [7, 11) is 0. The van der Waals surface area contributed by atoms with Crippen LogP contribution in [0.2, 0.25) is 0 Å². The Morgan fingerprint density at radius 3 is 2.52 bits per heavy atom. The number of amides is 3. The second-order valence-corrected chi connectivity index (χ2v) is 8.99. The zero-order chi connectivity index (χ0) is 22.1. The molecule has 0 bridgehead atoms. The van der Waals surface area contributed by atoms with Gasteiger partial charge >= 0.3 is 5.97 Å². The van der Waals surface area contributed by atoms with E-state index in [1.54, 1.807) is 31.2 Å². The largest absolute Gasteiger partial charge is 0.462 e. The van der Waals surface area contributed by atoms with Crippen molar-refractivity contribution >= 4 is 40.0 Å². The summed E-state index contributed by atoms with van der Waals surface area (Å²) >= 11 is 1.42. The molecule has 2 aliphatic rings. The quantitative estimate of drug-likeness (QED) is 0.546. The lowest BCUT2D eigenvalue weighted by Gasteiger charge is -2.18. The molecule has 1 N–H and O–H groups in total. The number of nitrogens with zero attached hydrogens (tertiary/aromatic N) is 1. The number of benzene rings is 1. The molecule has 0 radical (unpaired) electrons. The minimum atomic E-state index is -0.426. The fourth-order valence-corrected chi connectivity index (χ4v) is 5.52. The highest BCUT2D eigenvalue weighted by atomic mass is 32.1. The van der Waals surface area contributed by atoms with Crippen molar-refractivity contribution in [2.45, 2.75) is 39.5 Å².